The third-order valence-corrected chi connectivity index (χ3v) is 1.45. The van der Waals surface area contributed by atoms with Gasteiger partial charge in [0, 0.05) is 0 Å². The van der Waals surface area contributed by atoms with Crippen LogP contribution >= 0.6 is 0 Å². The van der Waals surface area contributed by atoms with Crippen molar-refractivity contribution in [2.24, 2.45) is 0 Å². The fourth-order valence-electron chi connectivity index (χ4n) is 0.855. The first kappa shape index (κ1) is 24.1. The molecule has 2 radical (unpaired) electrons. The number of allylic oxidation sites excluding steroid dienone is 8. The Morgan fingerprint density at radius 3 is 1.68 bits per heavy atom. The first-order valence-electron chi connectivity index (χ1n) is 6.41. The van der Waals surface area contributed by atoms with Gasteiger partial charge in [0.2, 0.25) is 0 Å². The van der Waals surface area contributed by atoms with E-state index in [1.54, 1.807) is 0 Å². The summed E-state index contributed by atoms with van der Waals surface area (Å²) in [5.74, 6) is 0. The van der Waals surface area contributed by atoms with E-state index in [0.717, 1.165) is 12.8 Å². The van der Waals surface area contributed by atoms with E-state index in [4.69, 9.17) is 0 Å². The van der Waals surface area contributed by atoms with Crippen molar-refractivity contribution < 1.29 is 23.3 Å². The van der Waals surface area contributed by atoms with E-state index in [0.29, 0.717) is 0 Å². The number of rotatable bonds is 0. The van der Waals surface area contributed by atoms with E-state index in [2.05, 4.69) is 44.2 Å². The standard InChI is InChI=1S/C6H7.C5H5.2C3H7.Si.Zr/c1-6-4-2-3-5-6;1-2-4-5-3-1;2*1-3-2;;/h2,4H,3H2,1H3;1-3H,4H2;2*3H,1-2H3;;/q4*-1;;. The van der Waals surface area contributed by atoms with Gasteiger partial charge in [0.1, 0.15) is 0 Å². The van der Waals surface area contributed by atoms with Crippen LogP contribution in [-0.2, 0) is 23.3 Å². The van der Waals surface area contributed by atoms with Gasteiger partial charge in [-0.25, -0.2) is 23.8 Å². The van der Waals surface area contributed by atoms with Gasteiger partial charge in [0.05, 0.1) is 0 Å². The summed E-state index contributed by atoms with van der Waals surface area (Å²) in [5, 5.41) is 0. The van der Waals surface area contributed by atoms with E-state index in [-0.39, 0.29) is 0 Å². The first-order valence-corrected chi connectivity index (χ1v) is 10.6. The third-order valence-electron chi connectivity index (χ3n) is 1.45. The van der Waals surface area contributed by atoms with Crippen LogP contribution < -0.4 is 0 Å². The Labute approximate surface area is 138 Å². The molecule has 0 fully saturated rings. The summed E-state index contributed by atoms with van der Waals surface area (Å²) in [6.07, 6.45) is 22.3. The van der Waals surface area contributed by atoms with Crippen LogP contribution in [0.3, 0.4) is 0 Å². The van der Waals surface area contributed by atoms with Crippen LogP contribution in [0.4, 0.5) is 0 Å². The van der Waals surface area contributed by atoms with Crippen molar-refractivity contribution >= 4 is 6.88 Å². The molecule has 0 aromatic heterocycles. The van der Waals surface area contributed by atoms with Crippen molar-refractivity contribution in [3.05, 3.63) is 60.9 Å². The minimum atomic E-state index is 1.01. The molecule has 0 nitrogen and oxygen atoms in total. The molecule has 0 spiro atoms. The SMILES string of the molecule is CC1=[C-]CC=C1.C[CH-]C.C[CH-]C.[C-]1=CC=CC1.[Si]=[Zr]. The second-order valence-corrected chi connectivity index (χ2v) is 3.62. The Kier molecular flexibility index (Phi) is 33.7. The maximum atomic E-state index is 3.12. The van der Waals surface area contributed by atoms with Crippen LogP contribution in [0.2, 0.25) is 0 Å². The van der Waals surface area contributed by atoms with Gasteiger partial charge < -0.3 is 12.8 Å². The summed E-state index contributed by atoms with van der Waals surface area (Å²) in [4.78, 5) is 0. The molecule has 0 aliphatic heterocycles. The average Bonchev–Trinajstić information content (AvgIpc) is 3.09. The van der Waals surface area contributed by atoms with Crippen LogP contribution in [-0.4, -0.2) is 6.88 Å². The fourth-order valence-corrected chi connectivity index (χ4v) is 0.855. The predicted molar refractivity (Wildman–Crippen MR) is 84.8 cm³/mol. The Hall–Kier alpha value is 0.0600. The van der Waals surface area contributed by atoms with E-state index in [9.17, 15) is 0 Å². The van der Waals surface area contributed by atoms with E-state index < -0.39 is 0 Å². The third kappa shape index (κ3) is 32.0. The molecule has 0 aromatic rings. The molecule has 2 aliphatic carbocycles. The molecular weight excluding hydrogens is 323 g/mol. The van der Waals surface area contributed by atoms with E-state index in [1.807, 2.05) is 52.7 Å². The molecule has 2 aliphatic rings. The van der Waals surface area contributed by atoms with Crippen molar-refractivity contribution in [2.75, 3.05) is 0 Å². The zero-order chi connectivity index (χ0) is 15.4. The molecule has 0 bridgehead atoms. The first-order chi connectivity index (χ1) is 9.22. The van der Waals surface area contributed by atoms with Crippen molar-refractivity contribution in [2.45, 2.75) is 47.5 Å². The van der Waals surface area contributed by atoms with Crippen LogP contribution in [0.15, 0.2) is 36.0 Å². The molecule has 2 rings (SSSR count). The predicted octanol–water partition coefficient (Wildman–Crippen LogP) is 5.08. The van der Waals surface area contributed by atoms with Gasteiger partial charge in [0.25, 0.3) is 0 Å². The van der Waals surface area contributed by atoms with Gasteiger partial charge in [-0.2, -0.15) is 39.8 Å². The molecule has 0 saturated heterocycles. The molecule has 2 heteroatoms. The summed E-state index contributed by atoms with van der Waals surface area (Å²) < 4.78 is 0. The minimum absolute atomic E-state index is 1.01. The Morgan fingerprint density at radius 1 is 1.05 bits per heavy atom. The molecule has 19 heavy (non-hydrogen) atoms. The zero-order valence-corrected chi connectivity index (χ0v) is 16.4. The van der Waals surface area contributed by atoms with Gasteiger partial charge in [-0.1, -0.05) is 6.92 Å². The van der Waals surface area contributed by atoms with E-state index in [1.165, 1.54) is 28.9 Å². The zero-order valence-electron chi connectivity index (χ0n) is 13.0. The Morgan fingerprint density at radius 2 is 1.58 bits per heavy atom. The van der Waals surface area contributed by atoms with Gasteiger partial charge in [0.15, 0.2) is 0 Å². The Balaban J connectivity index is -0.000000180. The molecule has 0 atom stereocenters. The molecule has 0 heterocycles. The monoisotopic (exact) mass is 348 g/mol. The van der Waals surface area contributed by atoms with Gasteiger partial charge in [-0.15, -0.1) is 12.8 Å². The van der Waals surface area contributed by atoms with Gasteiger partial charge >= 0.3 is 30.2 Å². The number of hydrogen-bond acceptors (Lipinski definition) is 0. The molecule has 0 N–H and O–H groups in total. The summed E-state index contributed by atoms with van der Waals surface area (Å²) in [6, 6.07) is 0. The van der Waals surface area contributed by atoms with Gasteiger partial charge in [-0.3, -0.25) is 12.2 Å². The van der Waals surface area contributed by atoms with Crippen LogP contribution in [0.1, 0.15) is 47.5 Å². The second kappa shape index (κ2) is 26.6. The summed E-state index contributed by atoms with van der Waals surface area (Å²) in [6.45, 7) is 13.1. The molecule has 0 amide bonds. The molecule has 0 unspecified atom stereocenters. The quantitative estimate of drug-likeness (QED) is 0.422. The van der Waals surface area contributed by atoms with Crippen molar-refractivity contribution in [1.82, 2.24) is 0 Å². The van der Waals surface area contributed by atoms with Crippen molar-refractivity contribution in [3.8, 4) is 0 Å². The van der Waals surface area contributed by atoms with Crippen LogP contribution in [0, 0.1) is 25.0 Å². The van der Waals surface area contributed by atoms with Crippen LogP contribution in [0.5, 0.6) is 0 Å². The molecular formula is C17H26SiZr-4. The number of hydrogen-bond donors (Lipinski definition) is 0. The normalized spacial score (nSPS) is 12.5. The summed E-state index contributed by atoms with van der Waals surface area (Å²) in [7, 11) is 0. The maximum absolute atomic E-state index is 3.12. The fraction of sp³-hybridized carbons (Fsp3) is 0.412. The topological polar surface area (TPSA) is 0 Å². The summed E-state index contributed by atoms with van der Waals surface area (Å²) in [5.41, 5.74) is 1.27. The Bertz CT molecular complexity index is 248. The molecule has 0 aromatic carbocycles. The average molecular weight is 350 g/mol. The summed E-state index contributed by atoms with van der Waals surface area (Å²) >= 11 is 1.36. The van der Waals surface area contributed by atoms with Crippen LogP contribution in [0.25, 0.3) is 0 Å². The van der Waals surface area contributed by atoms with Crippen molar-refractivity contribution in [3.63, 3.8) is 0 Å². The molecule has 0 saturated carbocycles. The van der Waals surface area contributed by atoms with Gasteiger partial charge in [-0.05, 0) is 0 Å². The van der Waals surface area contributed by atoms with E-state index >= 15 is 0 Å². The molecule has 106 valence electrons. The van der Waals surface area contributed by atoms with Crippen molar-refractivity contribution in [1.29, 1.82) is 0 Å². The second-order valence-electron chi connectivity index (χ2n) is 3.62.